The number of hydrogen-bond acceptors (Lipinski definition) is 3. The molecule has 0 aromatic carbocycles. The van der Waals surface area contributed by atoms with Gasteiger partial charge < -0.3 is 14.4 Å². The van der Waals surface area contributed by atoms with Crippen LogP contribution in [0, 0.1) is 5.41 Å². The fraction of sp³-hybridized carbons (Fsp3) is 0.571. The molecular weight excluding hydrogens is 326 g/mol. The Labute approximate surface area is 126 Å². The van der Waals surface area contributed by atoms with Crippen molar-refractivity contribution in [3.63, 3.8) is 0 Å². The van der Waals surface area contributed by atoms with Crippen molar-refractivity contribution in [2.75, 3.05) is 13.1 Å². The summed E-state index contributed by atoms with van der Waals surface area (Å²) in [6.07, 6.45) is 2.51. The number of rotatable bonds is 4. The summed E-state index contributed by atoms with van der Waals surface area (Å²) in [5.41, 5.74) is -0.671. The van der Waals surface area contributed by atoms with E-state index in [1.54, 1.807) is 17.0 Å². The molecule has 6 heteroatoms. The van der Waals surface area contributed by atoms with Crippen molar-refractivity contribution in [2.45, 2.75) is 32.6 Å². The molecule has 1 fully saturated rings. The van der Waals surface area contributed by atoms with Gasteiger partial charge in [-0.15, -0.1) is 0 Å². The van der Waals surface area contributed by atoms with Crippen molar-refractivity contribution < 1.29 is 19.1 Å². The zero-order chi connectivity index (χ0) is 14.8. The number of amides is 1. The summed E-state index contributed by atoms with van der Waals surface area (Å²) in [6, 6.07) is 3.30. The van der Waals surface area contributed by atoms with Crippen LogP contribution in [0.4, 0.5) is 0 Å². The number of likely N-dealkylation sites (tertiary alicyclic amines) is 1. The lowest BCUT2D eigenvalue weighted by Crippen LogP contribution is -2.46. The van der Waals surface area contributed by atoms with Gasteiger partial charge in [-0.25, -0.2) is 0 Å². The summed E-state index contributed by atoms with van der Waals surface area (Å²) in [5.74, 6) is -0.631. The van der Waals surface area contributed by atoms with Crippen molar-refractivity contribution in [1.29, 1.82) is 0 Å². The van der Waals surface area contributed by atoms with Gasteiger partial charge in [0.2, 0.25) is 0 Å². The van der Waals surface area contributed by atoms with Crippen LogP contribution in [0.3, 0.4) is 0 Å². The van der Waals surface area contributed by atoms with Gasteiger partial charge in [0.1, 0.15) is 0 Å². The Morgan fingerprint density at radius 1 is 1.40 bits per heavy atom. The summed E-state index contributed by atoms with van der Waals surface area (Å²) in [7, 11) is 0. The van der Waals surface area contributed by atoms with Gasteiger partial charge in [0.15, 0.2) is 10.4 Å². The van der Waals surface area contributed by atoms with E-state index in [0.29, 0.717) is 37.0 Å². The molecule has 2 rings (SSSR count). The third kappa shape index (κ3) is 2.90. The molecule has 110 valence electrons. The zero-order valence-electron chi connectivity index (χ0n) is 11.4. The van der Waals surface area contributed by atoms with E-state index < -0.39 is 11.4 Å². The smallest absolute Gasteiger partial charge is 0.309 e. The number of carboxylic acids is 1. The van der Waals surface area contributed by atoms with Crippen LogP contribution in [0.2, 0.25) is 0 Å². The van der Waals surface area contributed by atoms with Crippen molar-refractivity contribution in [3.8, 4) is 0 Å². The fourth-order valence-corrected chi connectivity index (χ4v) is 3.08. The predicted octanol–water partition coefficient (Wildman–Crippen LogP) is 3.15. The number of carboxylic acid groups (broad SMARTS) is 1. The standard InChI is InChI=1S/C14H18BrNO4/c1-2-5-14(13(18)19)6-8-16(9-7-14)12(17)10-3-4-11(15)20-10/h3-4H,2,5-9H2,1H3,(H,18,19). The van der Waals surface area contributed by atoms with E-state index in [-0.39, 0.29) is 11.7 Å². The molecule has 0 unspecified atom stereocenters. The molecule has 0 atom stereocenters. The predicted molar refractivity (Wildman–Crippen MR) is 76.5 cm³/mol. The Morgan fingerprint density at radius 2 is 2.05 bits per heavy atom. The third-order valence-corrected chi connectivity index (χ3v) is 4.40. The maximum atomic E-state index is 12.2. The van der Waals surface area contributed by atoms with Crippen molar-refractivity contribution in [1.82, 2.24) is 4.90 Å². The number of hydrogen-bond donors (Lipinski definition) is 1. The topological polar surface area (TPSA) is 70.8 Å². The van der Waals surface area contributed by atoms with Crippen LogP contribution in [-0.2, 0) is 4.79 Å². The molecule has 20 heavy (non-hydrogen) atoms. The number of piperidine rings is 1. The summed E-state index contributed by atoms with van der Waals surface area (Å²) < 4.78 is 5.77. The van der Waals surface area contributed by atoms with Crippen molar-refractivity contribution in [3.05, 3.63) is 22.6 Å². The zero-order valence-corrected chi connectivity index (χ0v) is 13.0. The van der Waals surface area contributed by atoms with E-state index in [1.165, 1.54) is 0 Å². The molecule has 1 saturated heterocycles. The average Bonchev–Trinajstić information content (AvgIpc) is 2.85. The summed E-state index contributed by atoms with van der Waals surface area (Å²) in [6.45, 7) is 2.91. The van der Waals surface area contributed by atoms with E-state index in [2.05, 4.69) is 15.9 Å². The minimum atomic E-state index is -0.743. The van der Waals surface area contributed by atoms with E-state index in [1.807, 2.05) is 6.92 Å². The van der Waals surface area contributed by atoms with Gasteiger partial charge in [0.25, 0.3) is 5.91 Å². The maximum Gasteiger partial charge on any atom is 0.309 e. The van der Waals surface area contributed by atoms with Gasteiger partial charge in [-0.1, -0.05) is 13.3 Å². The van der Waals surface area contributed by atoms with Gasteiger partial charge in [0, 0.05) is 13.1 Å². The highest BCUT2D eigenvalue weighted by molar-refractivity contribution is 9.10. The molecule has 1 aromatic rings. The summed E-state index contributed by atoms with van der Waals surface area (Å²) in [4.78, 5) is 25.4. The lowest BCUT2D eigenvalue weighted by Gasteiger charge is -2.38. The normalized spacial score (nSPS) is 18.0. The average molecular weight is 344 g/mol. The monoisotopic (exact) mass is 343 g/mol. The van der Waals surface area contributed by atoms with Crippen LogP contribution in [0.5, 0.6) is 0 Å². The molecule has 1 amide bonds. The third-order valence-electron chi connectivity index (χ3n) is 3.97. The molecule has 0 spiro atoms. The van der Waals surface area contributed by atoms with Gasteiger partial charge >= 0.3 is 5.97 Å². The molecule has 0 bridgehead atoms. The molecule has 2 heterocycles. The number of furan rings is 1. The highest BCUT2D eigenvalue weighted by Gasteiger charge is 2.41. The minimum Gasteiger partial charge on any atom is -0.481 e. The van der Waals surface area contributed by atoms with Crippen molar-refractivity contribution >= 4 is 27.8 Å². The molecule has 1 aromatic heterocycles. The highest BCUT2D eigenvalue weighted by atomic mass is 79.9. The second-order valence-electron chi connectivity index (χ2n) is 5.23. The lowest BCUT2D eigenvalue weighted by molar-refractivity contribution is -0.152. The maximum absolute atomic E-state index is 12.2. The Kier molecular flexibility index (Phi) is 4.52. The molecular formula is C14H18BrNO4. The van der Waals surface area contributed by atoms with E-state index in [9.17, 15) is 14.7 Å². The number of nitrogens with zero attached hydrogens (tertiary/aromatic N) is 1. The second-order valence-corrected chi connectivity index (χ2v) is 6.01. The minimum absolute atomic E-state index is 0.175. The first kappa shape index (κ1) is 15.1. The lowest BCUT2D eigenvalue weighted by atomic mass is 9.75. The first-order chi connectivity index (χ1) is 9.48. The first-order valence-electron chi connectivity index (χ1n) is 6.76. The number of carbonyl (C=O) groups excluding carboxylic acids is 1. The van der Waals surface area contributed by atoms with E-state index in [0.717, 1.165) is 6.42 Å². The van der Waals surface area contributed by atoms with Gasteiger partial charge in [0.05, 0.1) is 5.41 Å². The number of halogens is 1. The van der Waals surface area contributed by atoms with Crippen molar-refractivity contribution in [2.24, 2.45) is 5.41 Å². The molecule has 0 aliphatic carbocycles. The van der Waals surface area contributed by atoms with E-state index in [4.69, 9.17) is 4.42 Å². The molecule has 0 saturated carbocycles. The van der Waals surface area contributed by atoms with Crippen LogP contribution in [-0.4, -0.2) is 35.0 Å². The molecule has 0 radical (unpaired) electrons. The molecule has 5 nitrogen and oxygen atoms in total. The first-order valence-corrected chi connectivity index (χ1v) is 7.56. The Morgan fingerprint density at radius 3 is 2.50 bits per heavy atom. The summed E-state index contributed by atoms with van der Waals surface area (Å²) >= 11 is 3.17. The SMILES string of the molecule is CCCC1(C(=O)O)CCN(C(=O)c2ccc(Br)o2)CC1. The molecule has 1 aliphatic heterocycles. The molecule has 1 aliphatic rings. The Balaban J connectivity index is 2.03. The second kappa shape index (κ2) is 5.99. The Hall–Kier alpha value is -1.30. The van der Waals surface area contributed by atoms with Gasteiger partial charge in [-0.05, 0) is 47.3 Å². The van der Waals surface area contributed by atoms with Crippen LogP contribution in [0.1, 0.15) is 43.2 Å². The van der Waals surface area contributed by atoms with Gasteiger partial charge in [-0.3, -0.25) is 9.59 Å². The van der Waals surface area contributed by atoms with Gasteiger partial charge in [-0.2, -0.15) is 0 Å². The fourth-order valence-electron chi connectivity index (χ4n) is 2.77. The van der Waals surface area contributed by atoms with Crippen LogP contribution in [0.25, 0.3) is 0 Å². The van der Waals surface area contributed by atoms with Crippen LogP contribution in [0.15, 0.2) is 21.2 Å². The summed E-state index contributed by atoms with van der Waals surface area (Å²) in [5, 5.41) is 9.44. The number of carbonyl (C=O) groups is 2. The quantitative estimate of drug-likeness (QED) is 0.911. The Bertz CT molecular complexity index is 503. The largest absolute Gasteiger partial charge is 0.481 e. The molecule has 1 N–H and O–H groups in total. The highest BCUT2D eigenvalue weighted by Crippen LogP contribution is 2.37. The van der Waals surface area contributed by atoms with Crippen LogP contribution >= 0.6 is 15.9 Å². The van der Waals surface area contributed by atoms with E-state index >= 15 is 0 Å². The number of aliphatic carboxylic acids is 1. The van der Waals surface area contributed by atoms with Crippen LogP contribution < -0.4 is 0 Å².